The topological polar surface area (TPSA) is 47.6 Å². The molecule has 2 rings (SSSR count). The first-order valence-corrected chi connectivity index (χ1v) is 9.00. The van der Waals surface area contributed by atoms with Crippen LogP contribution in [0.4, 0.5) is 5.69 Å². The molecule has 2 aromatic carbocycles. The molecule has 0 heterocycles. The second-order valence-electron chi connectivity index (χ2n) is 5.85. The van der Waals surface area contributed by atoms with E-state index in [1.54, 1.807) is 12.1 Å². The van der Waals surface area contributed by atoms with Crippen molar-refractivity contribution in [2.24, 2.45) is 0 Å². The number of hydrogen-bond donors (Lipinski definition) is 1. The van der Waals surface area contributed by atoms with Gasteiger partial charge in [0.15, 0.2) is 0 Å². The van der Waals surface area contributed by atoms with Gasteiger partial charge in [0.05, 0.1) is 13.2 Å². The number of anilines is 1. The first kappa shape index (κ1) is 18.8. The largest absolute Gasteiger partial charge is 0.494 e. The Balaban J connectivity index is 1.92. The normalized spacial score (nSPS) is 10.3. The highest BCUT2D eigenvalue weighted by atomic mass is 16.5. The number of rotatable bonds is 10. The van der Waals surface area contributed by atoms with Gasteiger partial charge in [0.1, 0.15) is 11.5 Å². The summed E-state index contributed by atoms with van der Waals surface area (Å²) in [6.45, 7) is 5.38. The molecule has 0 saturated heterocycles. The molecule has 0 aliphatic heterocycles. The molecule has 0 aliphatic rings. The lowest BCUT2D eigenvalue weighted by molar-refractivity contribution is 0.102. The van der Waals surface area contributed by atoms with Crippen LogP contribution in [0.5, 0.6) is 11.5 Å². The minimum atomic E-state index is -0.165. The van der Waals surface area contributed by atoms with E-state index in [4.69, 9.17) is 9.47 Å². The van der Waals surface area contributed by atoms with Crippen LogP contribution in [-0.2, 0) is 0 Å². The van der Waals surface area contributed by atoms with Crippen molar-refractivity contribution in [2.45, 2.75) is 39.5 Å². The fourth-order valence-corrected chi connectivity index (χ4v) is 2.48. The van der Waals surface area contributed by atoms with E-state index >= 15 is 0 Å². The third-order valence-electron chi connectivity index (χ3n) is 3.77. The van der Waals surface area contributed by atoms with Gasteiger partial charge in [0, 0.05) is 17.3 Å². The van der Waals surface area contributed by atoms with Gasteiger partial charge in [0.25, 0.3) is 5.91 Å². The second kappa shape index (κ2) is 10.4. The zero-order chi connectivity index (χ0) is 17.9. The van der Waals surface area contributed by atoms with E-state index in [-0.39, 0.29) is 5.91 Å². The molecule has 25 heavy (non-hydrogen) atoms. The summed E-state index contributed by atoms with van der Waals surface area (Å²) in [6.07, 6.45) is 4.68. The summed E-state index contributed by atoms with van der Waals surface area (Å²) < 4.78 is 11.2. The fraction of sp³-hybridized carbons (Fsp3) is 0.381. The minimum absolute atomic E-state index is 0.165. The number of benzene rings is 2. The maximum atomic E-state index is 12.4. The molecule has 0 saturated carbocycles. The summed E-state index contributed by atoms with van der Waals surface area (Å²) in [5, 5.41) is 2.90. The van der Waals surface area contributed by atoms with Crippen molar-refractivity contribution in [1.29, 1.82) is 0 Å². The fourth-order valence-electron chi connectivity index (χ4n) is 2.48. The molecule has 1 N–H and O–H groups in total. The smallest absolute Gasteiger partial charge is 0.255 e. The van der Waals surface area contributed by atoms with Crippen LogP contribution in [0.15, 0.2) is 48.5 Å². The monoisotopic (exact) mass is 341 g/mol. The predicted molar refractivity (Wildman–Crippen MR) is 102 cm³/mol. The number of carbonyl (C=O) groups excluding carboxylic acids is 1. The van der Waals surface area contributed by atoms with Crippen molar-refractivity contribution in [3.8, 4) is 11.5 Å². The zero-order valence-electron chi connectivity index (χ0n) is 15.1. The van der Waals surface area contributed by atoms with E-state index in [2.05, 4.69) is 12.2 Å². The Hall–Kier alpha value is -2.49. The van der Waals surface area contributed by atoms with Crippen molar-refractivity contribution in [2.75, 3.05) is 18.5 Å². The van der Waals surface area contributed by atoms with Crippen LogP contribution in [0, 0.1) is 0 Å². The van der Waals surface area contributed by atoms with E-state index < -0.39 is 0 Å². The molecule has 1 amide bonds. The zero-order valence-corrected chi connectivity index (χ0v) is 15.1. The molecule has 2 aromatic rings. The first-order valence-electron chi connectivity index (χ1n) is 9.00. The van der Waals surface area contributed by atoms with Crippen LogP contribution in [0.3, 0.4) is 0 Å². The van der Waals surface area contributed by atoms with Gasteiger partial charge in [0.2, 0.25) is 0 Å². The highest BCUT2D eigenvalue weighted by Crippen LogP contribution is 2.20. The quantitative estimate of drug-likeness (QED) is 0.597. The second-order valence-corrected chi connectivity index (χ2v) is 5.85. The number of unbranched alkanes of at least 4 members (excludes halogenated alkanes) is 3. The van der Waals surface area contributed by atoms with E-state index in [9.17, 15) is 4.79 Å². The van der Waals surface area contributed by atoms with Gasteiger partial charge < -0.3 is 14.8 Å². The summed E-state index contributed by atoms with van der Waals surface area (Å²) in [6, 6.07) is 14.7. The molecule has 0 aromatic heterocycles. The average Bonchev–Trinajstić information content (AvgIpc) is 2.62. The molecule has 134 valence electrons. The third-order valence-corrected chi connectivity index (χ3v) is 3.77. The summed E-state index contributed by atoms with van der Waals surface area (Å²) in [4.78, 5) is 12.4. The Bertz CT molecular complexity index is 670. The summed E-state index contributed by atoms with van der Waals surface area (Å²) in [5.41, 5.74) is 1.29. The molecule has 4 nitrogen and oxygen atoms in total. The van der Waals surface area contributed by atoms with E-state index in [0.717, 1.165) is 17.9 Å². The Labute approximate surface area is 150 Å². The lowest BCUT2D eigenvalue weighted by Crippen LogP contribution is -2.12. The maximum Gasteiger partial charge on any atom is 0.255 e. The summed E-state index contributed by atoms with van der Waals surface area (Å²) in [5.74, 6) is 1.30. The van der Waals surface area contributed by atoms with Crippen molar-refractivity contribution < 1.29 is 14.3 Å². The molecule has 0 atom stereocenters. The number of hydrogen-bond acceptors (Lipinski definition) is 3. The van der Waals surface area contributed by atoms with E-state index in [1.165, 1.54) is 19.3 Å². The van der Waals surface area contributed by atoms with Gasteiger partial charge in [-0.05, 0) is 43.7 Å². The Kier molecular flexibility index (Phi) is 7.83. The molecule has 0 aliphatic carbocycles. The van der Waals surface area contributed by atoms with E-state index in [0.29, 0.717) is 24.5 Å². The number of carbonyl (C=O) groups is 1. The number of amides is 1. The molecular formula is C21H27NO3. The van der Waals surface area contributed by atoms with Gasteiger partial charge >= 0.3 is 0 Å². The van der Waals surface area contributed by atoms with Crippen LogP contribution in [0.1, 0.15) is 49.9 Å². The lowest BCUT2D eigenvalue weighted by Gasteiger charge is -2.10. The maximum absolute atomic E-state index is 12.4. The van der Waals surface area contributed by atoms with Gasteiger partial charge in [-0.25, -0.2) is 0 Å². The molecule has 0 unspecified atom stereocenters. The van der Waals surface area contributed by atoms with Crippen LogP contribution in [-0.4, -0.2) is 19.1 Å². The van der Waals surface area contributed by atoms with Gasteiger partial charge in [-0.15, -0.1) is 0 Å². The van der Waals surface area contributed by atoms with Crippen LogP contribution in [0.2, 0.25) is 0 Å². The Morgan fingerprint density at radius 3 is 2.44 bits per heavy atom. The van der Waals surface area contributed by atoms with Crippen LogP contribution >= 0.6 is 0 Å². The third kappa shape index (κ3) is 6.49. The highest BCUT2D eigenvalue weighted by molar-refractivity contribution is 6.04. The first-order chi connectivity index (χ1) is 12.2. The highest BCUT2D eigenvalue weighted by Gasteiger charge is 2.08. The van der Waals surface area contributed by atoms with Gasteiger partial charge in [-0.3, -0.25) is 4.79 Å². The van der Waals surface area contributed by atoms with Crippen molar-refractivity contribution >= 4 is 11.6 Å². The molecule has 0 fully saturated rings. The minimum Gasteiger partial charge on any atom is -0.494 e. The van der Waals surface area contributed by atoms with Crippen molar-refractivity contribution in [3.05, 3.63) is 54.1 Å². The Morgan fingerprint density at radius 2 is 1.68 bits per heavy atom. The van der Waals surface area contributed by atoms with Crippen LogP contribution < -0.4 is 14.8 Å². The van der Waals surface area contributed by atoms with Crippen molar-refractivity contribution in [1.82, 2.24) is 0 Å². The van der Waals surface area contributed by atoms with Gasteiger partial charge in [-0.1, -0.05) is 38.3 Å². The average molecular weight is 341 g/mol. The number of nitrogens with one attached hydrogen (secondary N) is 1. The van der Waals surface area contributed by atoms with Crippen LogP contribution in [0.25, 0.3) is 0 Å². The predicted octanol–water partition coefficient (Wildman–Crippen LogP) is 5.30. The number of ether oxygens (including phenoxy) is 2. The summed E-state index contributed by atoms with van der Waals surface area (Å²) in [7, 11) is 0. The lowest BCUT2D eigenvalue weighted by atomic mass is 10.2. The standard InChI is InChI=1S/C21H27NO3/c1-3-5-6-7-14-25-20-13-9-11-18(16-20)22-21(23)17-10-8-12-19(15-17)24-4-2/h8-13,15-16H,3-7,14H2,1-2H3,(H,22,23). The van der Waals surface area contributed by atoms with Crippen molar-refractivity contribution in [3.63, 3.8) is 0 Å². The molecule has 0 bridgehead atoms. The Morgan fingerprint density at radius 1 is 0.920 bits per heavy atom. The van der Waals surface area contributed by atoms with Gasteiger partial charge in [-0.2, -0.15) is 0 Å². The SMILES string of the molecule is CCCCCCOc1cccc(NC(=O)c2cccc(OCC)c2)c1. The molecule has 0 spiro atoms. The van der Waals surface area contributed by atoms with E-state index in [1.807, 2.05) is 43.3 Å². The molecule has 0 radical (unpaired) electrons. The molecular weight excluding hydrogens is 314 g/mol. The molecule has 4 heteroatoms. The summed E-state index contributed by atoms with van der Waals surface area (Å²) >= 11 is 0.